The summed E-state index contributed by atoms with van der Waals surface area (Å²) >= 11 is 0. The summed E-state index contributed by atoms with van der Waals surface area (Å²) in [4.78, 5) is 11.4. The molecule has 0 atom stereocenters. The summed E-state index contributed by atoms with van der Waals surface area (Å²) in [5, 5.41) is 0. The number of rotatable bonds is 3. The largest absolute Gasteiger partial charge is 0.536 e. The van der Waals surface area contributed by atoms with Crippen molar-refractivity contribution in [3.63, 3.8) is 0 Å². The predicted octanol–water partition coefficient (Wildman–Crippen LogP) is 2.61. The van der Waals surface area contributed by atoms with Gasteiger partial charge in [0.25, 0.3) is 5.97 Å². The summed E-state index contributed by atoms with van der Waals surface area (Å²) in [7, 11) is 0. The Morgan fingerprint density at radius 2 is 1.67 bits per heavy atom. The molecule has 0 bridgehead atoms. The molecule has 0 rings (SSSR count). The van der Waals surface area contributed by atoms with Gasteiger partial charge in [0.15, 0.2) is 0 Å². The van der Waals surface area contributed by atoms with Crippen molar-refractivity contribution >= 4 is 12.9 Å². The molecule has 2 nitrogen and oxygen atoms in total. The molecule has 0 aliphatic rings. The zero-order chi connectivity index (χ0) is 9.78. The van der Waals surface area contributed by atoms with Crippen molar-refractivity contribution in [3.05, 3.63) is 0 Å². The molecule has 0 heterocycles. The minimum atomic E-state index is -0.372. The molecule has 0 aromatic rings. The van der Waals surface area contributed by atoms with E-state index >= 15 is 0 Å². The van der Waals surface area contributed by atoms with Crippen LogP contribution in [0, 0.1) is 5.41 Å². The third-order valence-electron chi connectivity index (χ3n) is 1.80. The van der Waals surface area contributed by atoms with Crippen molar-refractivity contribution in [1.82, 2.24) is 0 Å². The Kier molecular flexibility index (Phi) is 4.36. The van der Waals surface area contributed by atoms with Crippen molar-refractivity contribution in [2.75, 3.05) is 0 Å². The summed E-state index contributed by atoms with van der Waals surface area (Å²) in [5.41, 5.74) is -0.372. The molecular formula is C9H19BO2. The SMILES string of the molecule is CCB(CC)OC(=O)C(C)(C)C. The molecule has 0 aromatic carbocycles. The topological polar surface area (TPSA) is 26.3 Å². The first-order valence-corrected chi connectivity index (χ1v) is 4.62. The highest BCUT2D eigenvalue weighted by Crippen LogP contribution is 2.17. The van der Waals surface area contributed by atoms with E-state index in [-0.39, 0.29) is 18.3 Å². The van der Waals surface area contributed by atoms with Gasteiger partial charge < -0.3 is 4.65 Å². The molecule has 0 aliphatic heterocycles. The van der Waals surface area contributed by atoms with Gasteiger partial charge in [-0.25, -0.2) is 0 Å². The van der Waals surface area contributed by atoms with Gasteiger partial charge in [0, 0.05) is 0 Å². The lowest BCUT2D eigenvalue weighted by Gasteiger charge is -2.20. The van der Waals surface area contributed by atoms with E-state index in [9.17, 15) is 4.79 Å². The van der Waals surface area contributed by atoms with Crippen LogP contribution < -0.4 is 0 Å². The quantitative estimate of drug-likeness (QED) is 0.608. The molecule has 70 valence electrons. The molecular weight excluding hydrogens is 151 g/mol. The van der Waals surface area contributed by atoms with Gasteiger partial charge in [0.2, 0.25) is 0 Å². The van der Waals surface area contributed by atoms with Crippen molar-refractivity contribution in [2.24, 2.45) is 5.41 Å². The fourth-order valence-electron chi connectivity index (χ4n) is 0.783. The molecule has 0 N–H and O–H groups in total. The summed E-state index contributed by atoms with van der Waals surface area (Å²) < 4.78 is 5.27. The Labute approximate surface area is 75.8 Å². The molecule has 0 fully saturated rings. The monoisotopic (exact) mass is 170 g/mol. The van der Waals surface area contributed by atoms with E-state index in [2.05, 4.69) is 0 Å². The molecule has 0 saturated heterocycles. The van der Waals surface area contributed by atoms with Gasteiger partial charge in [0.1, 0.15) is 0 Å². The fourth-order valence-corrected chi connectivity index (χ4v) is 0.783. The fraction of sp³-hybridized carbons (Fsp3) is 0.889. The van der Waals surface area contributed by atoms with Crippen molar-refractivity contribution < 1.29 is 9.45 Å². The summed E-state index contributed by atoms with van der Waals surface area (Å²) in [5.74, 6) is -0.101. The number of carbonyl (C=O) groups is 1. The Balaban J connectivity index is 3.99. The number of hydrogen-bond acceptors (Lipinski definition) is 2. The second-order valence-electron chi connectivity index (χ2n) is 4.09. The first-order chi connectivity index (χ1) is 5.41. The lowest BCUT2D eigenvalue weighted by atomic mass is 9.62. The third-order valence-corrected chi connectivity index (χ3v) is 1.80. The Hall–Kier alpha value is -0.465. The summed E-state index contributed by atoms with van der Waals surface area (Å²) in [6, 6.07) is 0. The zero-order valence-corrected chi connectivity index (χ0v) is 8.81. The van der Waals surface area contributed by atoms with Gasteiger partial charge in [-0.2, -0.15) is 0 Å². The highest BCUT2D eigenvalue weighted by atomic mass is 16.5. The Bertz CT molecular complexity index is 145. The zero-order valence-electron chi connectivity index (χ0n) is 8.81. The number of carbonyl (C=O) groups excluding carboxylic acids is 1. The third kappa shape index (κ3) is 3.79. The van der Waals surface area contributed by atoms with Crippen LogP contribution in [-0.2, 0) is 9.45 Å². The second-order valence-corrected chi connectivity index (χ2v) is 4.09. The van der Waals surface area contributed by atoms with Gasteiger partial charge in [-0.3, -0.25) is 4.79 Å². The van der Waals surface area contributed by atoms with E-state index in [1.54, 1.807) is 0 Å². The molecule has 0 amide bonds. The minimum Gasteiger partial charge on any atom is -0.536 e. The molecule has 0 unspecified atom stereocenters. The Morgan fingerprint density at radius 3 is 1.92 bits per heavy atom. The van der Waals surface area contributed by atoms with E-state index in [4.69, 9.17) is 4.65 Å². The van der Waals surface area contributed by atoms with E-state index in [0.29, 0.717) is 0 Å². The van der Waals surface area contributed by atoms with E-state index in [1.807, 2.05) is 34.6 Å². The number of hydrogen-bond donors (Lipinski definition) is 0. The van der Waals surface area contributed by atoms with Crippen LogP contribution in [0.4, 0.5) is 0 Å². The molecule has 3 heteroatoms. The van der Waals surface area contributed by atoms with Crippen LogP contribution in [0.15, 0.2) is 0 Å². The van der Waals surface area contributed by atoms with E-state index < -0.39 is 0 Å². The highest BCUT2D eigenvalue weighted by Gasteiger charge is 2.26. The minimum absolute atomic E-state index is 0.0942. The van der Waals surface area contributed by atoms with Gasteiger partial charge in [0.05, 0.1) is 5.41 Å². The van der Waals surface area contributed by atoms with Gasteiger partial charge in [-0.1, -0.05) is 13.8 Å². The van der Waals surface area contributed by atoms with Crippen LogP contribution in [0.5, 0.6) is 0 Å². The molecule has 0 radical (unpaired) electrons. The lowest BCUT2D eigenvalue weighted by Crippen LogP contribution is -2.29. The van der Waals surface area contributed by atoms with Crippen LogP contribution in [0.2, 0.25) is 12.6 Å². The molecule has 0 spiro atoms. The maximum atomic E-state index is 11.4. The molecule has 12 heavy (non-hydrogen) atoms. The lowest BCUT2D eigenvalue weighted by molar-refractivity contribution is -0.143. The maximum absolute atomic E-state index is 11.4. The predicted molar refractivity (Wildman–Crippen MR) is 52.3 cm³/mol. The smallest absolute Gasteiger partial charge is 0.361 e. The van der Waals surface area contributed by atoms with Crippen LogP contribution in [-0.4, -0.2) is 12.9 Å². The van der Waals surface area contributed by atoms with Crippen molar-refractivity contribution in [1.29, 1.82) is 0 Å². The van der Waals surface area contributed by atoms with Crippen LogP contribution in [0.25, 0.3) is 0 Å². The van der Waals surface area contributed by atoms with E-state index in [1.165, 1.54) is 0 Å². The normalized spacial score (nSPS) is 11.1. The maximum Gasteiger partial charge on any atom is 0.361 e. The standard InChI is InChI=1S/C9H19BO2/c1-6-10(7-2)12-8(11)9(3,4)5/h6-7H2,1-5H3. The average Bonchev–Trinajstić information content (AvgIpc) is 1.97. The van der Waals surface area contributed by atoms with Gasteiger partial charge in [-0.15, -0.1) is 0 Å². The van der Waals surface area contributed by atoms with Gasteiger partial charge >= 0.3 is 6.92 Å². The van der Waals surface area contributed by atoms with Crippen LogP contribution in [0.3, 0.4) is 0 Å². The highest BCUT2D eigenvalue weighted by molar-refractivity contribution is 6.53. The molecule has 0 saturated carbocycles. The first-order valence-electron chi connectivity index (χ1n) is 4.62. The Morgan fingerprint density at radius 1 is 1.25 bits per heavy atom. The van der Waals surface area contributed by atoms with Crippen LogP contribution >= 0.6 is 0 Å². The molecule has 0 aromatic heterocycles. The summed E-state index contributed by atoms with van der Waals surface area (Å²) in [6.07, 6.45) is 1.80. The average molecular weight is 170 g/mol. The summed E-state index contributed by atoms with van der Waals surface area (Å²) in [6.45, 7) is 9.78. The van der Waals surface area contributed by atoms with E-state index in [0.717, 1.165) is 12.6 Å². The van der Waals surface area contributed by atoms with Crippen molar-refractivity contribution in [2.45, 2.75) is 47.3 Å². The van der Waals surface area contributed by atoms with Crippen LogP contribution in [0.1, 0.15) is 34.6 Å². The molecule has 0 aliphatic carbocycles. The van der Waals surface area contributed by atoms with Gasteiger partial charge in [-0.05, 0) is 33.4 Å². The van der Waals surface area contributed by atoms with Crippen molar-refractivity contribution in [3.8, 4) is 0 Å². The first kappa shape index (κ1) is 11.5. The second kappa shape index (κ2) is 4.53.